The molecule has 0 aliphatic heterocycles. The molecular formula is C17H15Cl2NO2. The van der Waals surface area contributed by atoms with E-state index in [9.17, 15) is 4.79 Å². The fourth-order valence-corrected chi connectivity index (χ4v) is 2.91. The molecule has 2 aromatic carbocycles. The number of nitrogens with one attached hydrogen (secondary N) is 1. The van der Waals surface area contributed by atoms with Crippen LogP contribution < -0.4 is 10.1 Å². The van der Waals surface area contributed by atoms with Crippen molar-refractivity contribution in [2.75, 3.05) is 12.4 Å². The molecule has 3 rings (SSSR count). The monoisotopic (exact) mass is 335 g/mol. The molecule has 3 nitrogen and oxygen atoms in total. The van der Waals surface area contributed by atoms with Gasteiger partial charge in [-0.3, -0.25) is 4.79 Å². The van der Waals surface area contributed by atoms with Crippen LogP contribution in [0.5, 0.6) is 5.75 Å². The molecule has 2 aromatic rings. The van der Waals surface area contributed by atoms with Gasteiger partial charge in [0.15, 0.2) is 0 Å². The zero-order valence-electron chi connectivity index (χ0n) is 12.0. The second-order valence-electron chi connectivity index (χ2n) is 5.33. The van der Waals surface area contributed by atoms with E-state index in [-0.39, 0.29) is 11.8 Å². The number of hydrogen-bond acceptors (Lipinski definition) is 2. The number of methoxy groups -OCH3 is 1. The van der Waals surface area contributed by atoms with Gasteiger partial charge in [-0.1, -0.05) is 18.2 Å². The van der Waals surface area contributed by atoms with Gasteiger partial charge in [0.1, 0.15) is 10.1 Å². The van der Waals surface area contributed by atoms with E-state index in [1.165, 1.54) is 0 Å². The predicted molar refractivity (Wildman–Crippen MR) is 89.2 cm³/mol. The first kappa shape index (κ1) is 15.2. The quantitative estimate of drug-likeness (QED) is 0.828. The zero-order chi connectivity index (χ0) is 15.7. The molecule has 1 N–H and O–H groups in total. The third-order valence-corrected chi connectivity index (χ3v) is 4.56. The third-order valence-electron chi connectivity index (χ3n) is 3.73. The highest BCUT2D eigenvalue weighted by Crippen LogP contribution is 2.59. The molecule has 0 aromatic heterocycles. The van der Waals surface area contributed by atoms with E-state index in [1.54, 1.807) is 25.3 Å². The van der Waals surface area contributed by atoms with Gasteiger partial charge in [0.25, 0.3) is 5.91 Å². The van der Waals surface area contributed by atoms with Crippen LogP contribution in [0, 0.1) is 0 Å². The van der Waals surface area contributed by atoms with E-state index in [2.05, 4.69) is 5.32 Å². The first-order valence-electron chi connectivity index (χ1n) is 6.93. The summed E-state index contributed by atoms with van der Waals surface area (Å²) in [5.41, 5.74) is 2.33. The average molecular weight is 336 g/mol. The largest absolute Gasteiger partial charge is 0.497 e. The molecule has 1 atom stereocenters. The predicted octanol–water partition coefficient (Wildman–Crippen LogP) is 4.61. The third kappa shape index (κ3) is 3.21. The standard InChI is InChI=1S/C17H15Cl2NO2/c1-22-14-4-2-3-13(9-14)20-16(21)12-7-5-11(6-8-12)15-10-17(15,18)19/h2-9,15H,10H2,1H3,(H,20,21). The number of ether oxygens (including phenoxy) is 1. The highest BCUT2D eigenvalue weighted by Gasteiger charge is 2.52. The maximum atomic E-state index is 12.2. The Morgan fingerprint density at radius 2 is 1.91 bits per heavy atom. The van der Waals surface area contributed by atoms with Crippen LogP contribution in [0.25, 0.3) is 0 Å². The average Bonchev–Trinajstić information content (AvgIpc) is 3.16. The number of alkyl halides is 2. The molecule has 1 saturated carbocycles. The molecule has 0 bridgehead atoms. The Hall–Kier alpha value is -1.71. The van der Waals surface area contributed by atoms with Gasteiger partial charge in [0, 0.05) is 23.2 Å². The van der Waals surface area contributed by atoms with Gasteiger partial charge in [-0.05, 0) is 36.2 Å². The van der Waals surface area contributed by atoms with E-state index in [0.717, 1.165) is 12.0 Å². The summed E-state index contributed by atoms with van der Waals surface area (Å²) < 4.78 is 4.49. The first-order chi connectivity index (χ1) is 10.5. The summed E-state index contributed by atoms with van der Waals surface area (Å²) in [5.74, 6) is 0.687. The Morgan fingerprint density at radius 3 is 2.50 bits per heavy atom. The van der Waals surface area contributed by atoms with Crippen LogP contribution in [0.2, 0.25) is 0 Å². The molecule has 22 heavy (non-hydrogen) atoms. The summed E-state index contributed by atoms with van der Waals surface area (Å²) in [6.45, 7) is 0. The van der Waals surface area contributed by atoms with Crippen LogP contribution in [0.1, 0.15) is 28.3 Å². The normalized spacial score (nSPS) is 18.6. The minimum absolute atomic E-state index is 0.159. The van der Waals surface area contributed by atoms with Crippen molar-refractivity contribution in [3.8, 4) is 5.75 Å². The molecule has 0 radical (unpaired) electrons. The molecule has 114 valence electrons. The first-order valence-corrected chi connectivity index (χ1v) is 7.68. The van der Waals surface area contributed by atoms with Crippen molar-refractivity contribution >= 4 is 34.8 Å². The minimum atomic E-state index is -0.648. The summed E-state index contributed by atoms with van der Waals surface area (Å²) in [4.78, 5) is 12.2. The van der Waals surface area contributed by atoms with Gasteiger partial charge in [-0.15, -0.1) is 23.2 Å². The number of carbonyl (C=O) groups excluding carboxylic acids is 1. The lowest BCUT2D eigenvalue weighted by atomic mass is 10.1. The molecule has 1 unspecified atom stereocenters. The Bertz CT molecular complexity index is 698. The Labute approximate surface area is 139 Å². The maximum absolute atomic E-state index is 12.2. The van der Waals surface area contributed by atoms with Crippen LogP contribution in [0.15, 0.2) is 48.5 Å². The molecule has 0 saturated heterocycles. The van der Waals surface area contributed by atoms with Crippen molar-refractivity contribution in [2.45, 2.75) is 16.7 Å². The lowest BCUT2D eigenvalue weighted by Gasteiger charge is -2.08. The van der Waals surface area contributed by atoms with Gasteiger partial charge in [-0.2, -0.15) is 0 Å². The number of anilines is 1. The molecule has 1 aliphatic rings. The van der Waals surface area contributed by atoms with Crippen molar-refractivity contribution in [3.05, 3.63) is 59.7 Å². The fraction of sp³-hybridized carbons (Fsp3) is 0.235. The second kappa shape index (κ2) is 5.82. The SMILES string of the molecule is COc1cccc(NC(=O)c2ccc(C3CC3(Cl)Cl)cc2)c1. The van der Waals surface area contributed by atoms with Gasteiger partial charge in [-0.25, -0.2) is 0 Å². The van der Waals surface area contributed by atoms with Crippen LogP contribution >= 0.6 is 23.2 Å². The lowest BCUT2D eigenvalue weighted by Crippen LogP contribution is -2.11. The van der Waals surface area contributed by atoms with E-state index in [4.69, 9.17) is 27.9 Å². The second-order valence-corrected chi connectivity index (χ2v) is 6.87. The lowest BCUT2D eigenvalue weighted by molar-refractivity contribution is 0.102. The Morgan fingerprint density at radius 1 is 1.23 bits per heavy atom. The molecule has 1 aliphatic carbocycles. The van der Waals surface area contributed by atoms with E-state index < -0.39 is 4.33 Å². The highest BCUT2D eigenvalue weighted by molar-refractivity contribution is 6.51. The van der Waals surface area contributed by atoms with Gasteiger partial charge in [0.2, 0.25) is 0 Å². The smallest absolute Gasteiger partial charge is 0.255 e. The van der Waals surface area contributed by atoms with Crippen molar-refractivity contribution in [2.24, 2.45) is 0 Å². The van der Waals surface area contributed by atoms with E-state index >= 15 is 0 Å². The van der Waals surface area contributed by atoms with Crippen LogP contribution in [0.4, 0.5) is 5.69 Å². The van der Waals surface area contributed by atoms with Gasteiger partial charge < -0.3 is 10.1 Å². The number of hydrogen-bond donors (Lipinski definition) is 1. The van der Waals surface area contributed by atoms with E-state index in [1.807, 2.05) is 30.3 Å². The number of benzene rings is 2. The van der Waals surface area contributed by atoms with Crippen molar-refractivity contribution < 1.29 is 9.53 Å². The highest BCUT2D eigenvalue weighted by atomic mass is 35.5. The Kier molecular flexibility index (Phi) is 4.02. The minimum Gasteiger partial charge on any atom is -0.497 e. The number of halogens is 2. The van der Waals surface area contributed by atoms with Crippen molar-refractivity contribution in [1.29, 1.82) is 0 Å². The van der Waals surface area contributed by atoms with Crippen LogP contribution in [0.3, 0.4) is 0 Å². The zero-order valence-corrected chi connectivity index (χ0v) is 13.5. The maximum Gasteiger partial charge on any atom is 0.255 e. The number of rotatable bonds is 4. The summed E-state index contributed by atoms with van der Waals surface area (Å²) in [6.07, 6.45) is 0.755. The van der Waals surface area contributed by atoms with Crippen molar-refractivity contribution in [1.82, 2.24) is 0 Å². The Balaban J connectivity index is 1.69. The molecule has 1 fully saturated rings. The number of carbonyl (C=O) groups is 1. The molecule has 0 spiro atoms. The van der Waals surface area contributed by atoms with E-state index in [0.29, 0.717) is 17.0 Å². The van der Waals surface area contributed by atoms with Gasteiger partial charge >= 0.3 is 0 Å². The molecule has 0 heterocycles. The molecule has 5 heteroatoms. The fourth-order valence-electron chi connectivity index (χ4n) is 2.35. The summed E-state index contributed by atoms with van der Waals surface area (Å²) in [6, 6.07) is 14.6. The topological polar surface area (TPSA) is 38.3 Å². The van der Waals surface area contributed by atoms with Gasteiger partial charge in [0.05, 0.1) is 7.11 Å². The van der Waals surface area contributed by atoms with Crippen molar-refractivity contribution in [3.63, 3.8) is 0 Å². The summed E-state index contributed by atoms with van der Waals surface area (Å²) in [5, 5.41) is 2.84. The summed E-state index contributed by atoms with van der Waals surface area (Å²) in [7, 11) is 1.59. The van der Waals surface area contributed by atoms with Crippen LogP contribution in [-0.2, 0) is 0 Å². The number of amides is 1. The van der Waals surface area contributed by atoms with Crippen LogP contribution in [-0.4, -0.2) is 17.4 Å². The summed E-state index contributed by atoms with van der Waals surface area (Å²) >= 11 is 12.1. The molecular weight excluding hydrogens is 321 g/mol. The molecule has 1 amide bonds.